The first-order valence-electron chi connectivity index (χ1n) is 9.61. The summed E-state index contributed by atoms with van der Waals surface area (Å²) in [5.41, 5.74) is 3.08. The monoisotopic (exact) mass is 451 g/mol. The number of rotatable bonds is 7. The molecule has 1 aromatic heterocycles. The molecular formula is C24H19Cl2N3O2. The van der Waals surface area contributed by atoms with E-state index in [4.69, 9.17) is 27.9 Å². The largest absolute Gasteiger partial charge is 0.489 e. The van der Waals surface area contributed by atoms with Crippen LogP contribution in [0.5, 0.6) is 5.75 Å². The van der Waals surface area contributed by atoms with E-state index >= 15 is 0 Å². The first-order chi connectivity index (χ1) is 15.0. The van der Waals surface area contributed by atoms with Crippen molar-refractivity contribution in [3.8, 4) is 5.75 Å². The predicted octanol–water partition coefficient (Wildman–Crippen LogP) is 6.07. The molecule has 0 atom stereocenters. The summed E-state index contributed by atoms with van der Waals surface area (Å²) in [5, 5.41) is 8.52. The molecule has 0 radical (unpaired) electrons. The number of benzene rings is 3. The zero-order valence-electron chi connectivity index (χ0n) is 16.5. The molecule has 0 aliphatic heterocycles. The third-order valence-electron chi connectivity index (χ3n) is 4.53. The van der Waals surface area contributed by atoms with E-state index in [9.17, 15) is 4.79 Å². The second-order valence-corrected chi connectivity index (χ2v) is 7.83. The molecule has 7 heteroatoms. The van der Waals surface area contributed by atoms with E-state index in [-0.39, 0.29) is 5.91 Å². The lowest BCUT2D eigenvalue weighted by Crippen LogP contribution is -2.12. The van der Waals surface area contributed by atoms with Crippen LogP contribution in [0.15, 0.2) is 85.2 Å². The van der Waals surface area contributed by atoms with Crippen LogP contribution in [-0.4, -0.2) is 15.7 Å². The Bertz CT molecular complexity index is 1190. The number of aromatic nitrogens is 2. The number of hydrogen-bond donors (Lipinski definition) is 1. The maximum Gasteiger partial charge on any atom is 0.255 e. The molecule has 0 aliphatic rings. The van der Waals surface area contributed by atoms with Crippen LogP contribution in [0.1, 0.15) is 21.5 Å². The molecule has 0 unspecified atom stereocenters. The first-order valence-corrected chi connectivity index (χ1v) is 10.4. The number of nitrogens with zero attached hydrogens (tertiary/aromatic N) is 2. The van der Waals surface area contributed by atoms with E-state index in [0.717, 1.165) is 11.1 Å². The summed E-state index contributed by atoms with van der Waals surface area (Å²) in [6, 6.07) is 22.1. The molecule has 4 rings (SSSR count). The SMILES string of the molecule is O=C(Nc1cnn(Cc2cccc(Cl)c2)c1)c1cccc(COc2ccc(Cl)cc2)c1. The standard InChI is InChI=1S/C24H19Cl2N3O2/c25-20-7-9-23(10-8-20)31-16-18-4-1-5-19(11-18)24(30)28-22-13-27-29(15-22)14-17-3-2-6-21(26)12-17/h1-13,15H,14,16H2,(H,28,30). The molecule has 1 N–H and O–H groups in total. The zero-order chi connectivity index (χ0) is 21.6. The quantitative estimate of drug-likeness (QED) is 0.370. The molecule has 156 valence electrons. The molecule has 0 aliphatic carbocycles. The summed E-state index contributed by atoms with van der Waals surface area (Å²) in [7, 11) is 0. The molecule has 0 bridgehead atoms. The third-order valence-corrected chi connectivity index (χ3v) is 5.02. The van der Waals surface area contributed by atoms with E-state index in [1.54, 1.807) is 47.4 Å². The Balaban J connectivity index is 1.37. The van der Waals surface area contributed by atoms with Crippen LogP contribution in [0.4, 0.5) is 5.69 Å². The predicted molar refractivity (Wildman–Crippen MR) is 123 cm³/mol. The number of ether oxygens (including phenoxy) is 1. The summed E-state index contributed by atoms with van der Waals surface area (Å²) < 4.78 is 7.50. The summed E-state index contributed by atoms with van der Waals surface area (Å²) in [6.45, 7) is 0.911. The van der Waals surface area contributed by atoms with Gasteiger partial charge in [-0.05, 0) is 59.7 Å². The van der Waals surface area contributed by atoms with Gasteiger partial charge in [0, 0.05) is 21.8 Å². The van der Waals surface area contributed by atoms with Crippen LogP contribution < -0.4 is 10.1 Å². The van der Waals surface area contributed by atoms with Gasteiger partial charge in [-0.1, -0.05) is 47.5 Å². The lowest BCUT2D eigenvalue weighted by atomic mass is 10.1. The highest BCUT2D eigenvalue weighted by molar-refractivity contribution is 6.30. The molecule has 0 spiro atoms. The van der Waals surface area contributed by atoms with Crippen molar-refractivity contribution in [3.05, 3.63) is 112 Å². The zero-order valence-corrected chi connectivity index (χ0v) is 18.0. The van der Waals surface area contributed by atoms with Crippen molar-refractivity contribution in [2.45, 2.75) is 13.2 Å². The van der Waals surface area contributed by atoms with Crippen LogP contribution >= 0.6 is 23.2 Å². The molecule has 0 saturated heterocycles. The van der Waals surface area contributed by atoms with Gasteiger partial charge in [-0.2, -0.15) is 5.10 Å². The molecule has 5 nitrogen and oxygen atoms in total. The molecule has 4 aromatic rings. The maximum atomic E-state index is 12.7. The second kappa shape index (κ2) is 9.69. The minimum Gasteiger partial charge on any atom is -0.489 e. The van der Waals surface area contributed by atoms with Crippen LogP contribution in [0.25, 0.3) is 0 Å². The second-order valence-electron chi connectivity index (χ2n) is 6.95. The number of amides is 1. The van der Waals surface area contributed by atoms with Crippen LogP contribution in [-0.2, 0) is 13.2 Å². The van der Waals surface area contributed by atoms with Gasteiger partial charge in [0.05, 0.1) is 18.4 Å². The van der Waals surface area contributed by atoms with E-state index in [2.05, 4.69) is 10.4 Å². The van der Waals surface area contributed by atoms with E-state index in [1.165, 1.54) is 0 Å². The Kier molecular flexibility index (Phi) is 6.55. The fourth-order valence-electron chi connectivity index (χ4n) is 3.04. The number of anilines is 1. The highest BCUT2D eigenvalue weighted by Crippen LogP contribution is 2.18. The average molecular weight is 452 g/mol. The lowest BCUT2D eigenvalue weighted by molar-refractivity contribution is 0.102. The van der Waals surface area contributed by atoms with Crippen LogP contribution in [0.3, 0.4) is 0 Å². The van der Waals surface area contributed by atoms with Crippen molar-refractivity contribution in [1.29, 1.82) is 0 Å². The van der Waals surface area contributed by atoms with Gasteiger partial charge in [0.25, 0.3) is 5.91 Å². The number of nitrogens with one attached hydrogen (secondary N) is 1. The van der Waals surface area contributed by atoms with E-state index in [0.29, 0.717) is 40.2 Å². The highest BCUT2D eigenvalue weighted by atomic mass is 35.5. The Morgan fingerprint density at radius 1 is 0.935 bits per heavy atom. The van der Waals surface area contributed by atoms with E-state index < -0.39 is 0 Å². The van der Waals surface area contributed by atoms with Gasteiger partial charge in [0.1, 0.15) is 12.4 Å². The molecule has 3 aromatic carbocycles. The van der Waals surface area contributed by atoms with Crippen LogP contribution in [0, 0.1) is 0 Å². The smallest absolute Gasteiger partial charge is 0.255 e. The van der Waals surface area contributed by atoms with E-state index in [1.807, 2.05) is 42.5 Å². The first kappa shape index (κ1) is 21.0. The molecular weight excluding hydrogens is 433 g/mol. The molecule has 0 saturated carbocycles. The topological polar surface area (TPSA) is 56.2 Å². The van der Waals surface area contributed by atoms with Gasteiger partial charge in [-0.15, -0.1) is 0 Å². The minimum atomic E-state index is -0.212. The number of carbonyl (C=O) groups excluding carboxylic acids is 1. The van der Waals surface area contributed by atoms with Crippen LogP contribution in [0.2, 0.25) is 10.0 Å². The number of carbonyl (C=O) groups is 1. The number of halogens is 2. The Labute approximate surface area is 190 Å². The lowest BCUT2D eigenvalue weighted by Gasteiger charge is -2.08. The molecule has 1 heterocycles. The molecule has 1 amide bonds. The van der Waals surface area contributed by atoms with Crippen molar-refractivity contribution in [2.75, 3.05) is 5.32 Å². The Morgan fingerprint density at radius 2 is 1.71 bits per heavy atom. The normalized spacial score (nSPS) is 10.6. The Hall–Kier alpha value is -3.28. The molecule has 0 fully saturated rings. The summed E-state index contributed by atoms with van der Waals surface area (Å²) in [4.78, 5) is 12.7. The van der Waals surface area contributed by atoms with Crippen molar-refractivity contribution < 1.29 is 9.53 Å². The maximum absolute atomic E-state index is 12.7. The van der Waals surface area contributed by atoms with Gasteiger partial charge in [-0.3, -0.25) is 9.48 Å². The van der Waals surface area contributed by atoms with Crippen molar-refractivity contribution in [3.63, 3.8) is 0 Å². The van der Waals surface area contributed by atoms with Gasteiger partial charge in [-0.25, -0.2) is 0 Å². The third kappa shape index (κ3) is 5.87. The van der Waals surface area contributed by atoms with Gasteiger partial charge in [0.15, 0.2) is 0 Å². The fourth-order valence-corrected chi connectivity index (χ4v) is 3.38. The van der Waals surface area contributed by atoms with Crippen molar-refractivity contribution in [2.24, 2.45) is 0 Å². The average Bonchev–Trinajstić information content (AvgIpc) is 3.20. The van der Waals surface area contributed by atoms with Crippen molar-refractivity contribution in [1.82, 2.24) is 9.78 Å². The van der Waals surface area contributed by atoms with Crippen molar-refractivity contribution >= 4 is 34.8 Å². The molecule has 31 heavy (non-hydrogen) atoms. The fraction of sp³-hybridized carbons (Fsp3) is 0.0833. The minimum absolute atomic E-state index is 0.212. The van der Waals surface area contributed by atoms with Gasteiger partial charge >= 0.3 is 0 Å². The highest BCUT2D eigenvalue weighted by Gasteiger charge is 2.09. The van der Waals surface area contributed by atoms with Gasteiger partial charge in [0.2, 0.25) is 0 Å². The summed E-state index contributed by atoms with van der Waals surface area (Å²) in [6.07, 6.45) is 3.41. The summed E-state index contributed by atoms with van der Waals surface area (Å²) in [5.74, 6) is 0.502. The summed E-state index contributed by atoms with van der Waals surface area (Å²) >= 11 is 11.9. The Morgan fingerprint density at radius 3 is 2.52 bits per heavy atom. The number of hydrogen-bond acceptors (Lipinski definition) is 3. The van der Waals surface area contributed by atoms with Gasteiger partial charge < -0.3 is 10.1 Å².